The largest absolute Gasteiger partial charge is 0.462 e. The van der Waals surface area contributed by atoms with Gasteiger partial charge in [-0.05, 0) is 77.0 Å². The van der Waals surface area contributed by atoms with Crippen LogP contribution in [0.2, 0.25) is 0 Å². The second-order valence-electron chi connectivity index (χ2n) is 15.7. The number of allylic oxidation sites excluding steroid dienone is 12. The Kier molecular flexibility index (Phi) is 44.0. The van der Waals surface area contributed by atoms with Crippen LogP contribution in [-0.2, 0) is 28.6 Å². The lowest BCUT2D eigenvalue weighted by atomic mass is 10.0. The van der Waals surface area contributed by atoms with E-state index in [0.717, 1.165) is 103 Å². The number of unbranched alkanes of at least 4 members (excludes halogenated alkanes) is 20. The number of ether oxygens (including phenoxy) is 3. The average molecular weight is 809 g/mol. The molecule has 0 aliphatic carbocycles. The molecule has 0 heterocycles. The molecule has 0 aliphatic heterocycles. The molecule has 0 amide bonds. The molecule has 0 aromatic carbocycles. The average Bonchev–Trinajstić information content (AvgIpc) is 3.22. The predicted octanol–water partition coefficient (Wildman–Crippen LogP) is 15.5. The highest BCUT2D eigenvalue weighted by Crippen LogP contribution is 2.14. The standard InChI is InChI=1S/C52H88O6/c1-4-7-10-13-16-19-22-24-25-26-28-30-33-36-39-42-45-51(54)57-48-49(47-56-50(53)44-41-38-35-32-29-21-18-15-12-9-6-3)58-52(55)46-43-40-37-34-31-27-23-20-17-14-11-8-5-2/h7,10,15-16,18-19,21,24-25,28-30,49H,4-6,8-9,11-14,17,20,22-23,26-27,31-48H2,1-3H3/b10-7-,18-15-,19-16-,25-24-,29-21-,30-28-. The van der Waals surface area contributed by atoms with Crippen molar-refractivity contribution < 1.29 is 28.6 Å². The molecule has 6 heteroatoms. The molecule has 0 saturated carbocycles. The maximum absolute atomic E-state index is 12.7. The van der Waals surface area contributed by atoms with Crippen LogP contribution in [0.5, 0.6) is 0 Å². The Morgan fingerprint density at radius 1 is 0.379 bits per heavy atom. The lowest BCUT2D eigenvalue weighted by Crippen LogP contribution is -2.30. The molecule has 0 rings (SSSR count). The first-order valence-electron chi connectivity index (χ1n) is 24.0. The SMILES string of the molecule is CC/C=C\C/C=C\C/C=C\C/C=C\CCCCCC(=O)OCC(COC(=O)CCCCC/C=C\C=C/CCCC)OC(=O)CCCCCCCCCCCCCCC. The van der Waals surface area contributed by atoms with E-state index < -0.39 is 6.10 Å². The number of carbonyl (C=O) groups excluding carboxylic acids is 3. The minimum absolute atomic E-state index is 0.0988. The van der Waals surface area contributed by atoms with Gasteiger partial charge in [0, 0.05) is 19.3 Å². The van der Waals surface area contributed by atoms with Crippen molar-refractivity contribution in [2.45, 2.75) is 226 Å². The van der Waals surface area contributed by atoms with Gasteiger partial charge in [0.05, 0.1) is 0 Å². The van der Waals surface area contributed by atoms with E-state index in [4.69, 9.17) is 14.2 Å². The quantitative estimate of drug-likeness (QED) is 0.0201. The Morgan fingerprint density at radius 3 is 1.21 bits per heavy atom. The van der Waals surface area contributed by atoms with Crippen LogP contribution in [0, 0.1) is 0 Å². The van der Waals surface area contributed by atoms with Gasteiger partial charge >= 0.3 is 17.9 Å². The van der Waals surface area contributed by atoms with Crippen LogP contribution >= 0.6 is 0 Å². The zero-order valence-electron chi connectivity index (χ0n) is 37.8. The highest BCUT2D eigenvalue weighted by Gasteiger charge is 2.19. The Morgan fingerprint density at radius 2 is 0.741 bits per heavy atom. The summed E-state index contributed by atoms with van der Waals surface area (Å²) in [5.41, 5.74) is 0. The van der Waals surface area contributed by atoms with E-state index in [-0.39, 0.29) is 31.1 Å². The van der Waals surface area contributed by atoms with E-state index in [9.17, 15) is 14.4 Å². The fourth-order valence-electron chi connectivity index (χ4n) is 6.35. The Bertz CT molecular complexity index is 1110. The summed E-state index contributed by atoms with van der Waals surface area (Å²) in [5, 5.41) is 0. The van der Waals surface area contributed by atoms with Crippen molar-refractivity contribution >= 4 is 17.9 Å². The second kappa shape index (κ2) is 46.5. The summed E-state index contributed by atoms with van der Waals surface area (Å²) >= 11 is 0. The third-order valence-electron chi connectivity index (χ3n) is 9.97. The zero-order chi connectivity index (χ0) is 42.3. The van der Waals surface area contributed by atoms with Crippen LogP contribution in [0.3, 0.4) is 0 Å². The Hall–Kier alpha value is -3.15. The van der Waals surface area contributed by atoms with Crippen LogP contribution in [0.25, 0.3) is 0 Å². The van der Waals surface area contributed by atoms with Gasteiger partial charge in [-0.15, -0.1) is 0 Å². The van der Waals surface area contributed by atoms with Crippen molar-refractivity contribution in [3.05, 3.63) is 72.9 Å². The van der Waals surface area contributed by atoms with E-state index in [1.54, 1.807) is 0 Å². The molecule has 332 valence electrons. The fraction of sp³-hybridized carbons (Fsp3) is 0.712. The topological polar surface area (TPSA) is 78.9 Å². The third kappa shape index (κ3) is 44.0. The van der Waals surface area contributed by atoms with Crippen LogP contribution in [0.15, 0.2) is 72.9 Å². The van der Waals surface area contributed by atoms with Gasteiger partial charge in [0.2, 0.25) is 0 Å². The highest BCUT2D eigenvalue weighted by molar-refractivity contribution is 5.71. The molecule has 0 fully saturated rings. The molecule has 1 atom stereocenters. The summed E-state index contributed by atoms with van der Waals surface area (Å²) in [5.74, 6) is -0.957. The van der Waals surface area contributed by atoms with Gasteiger partial charge in [-0.2, -0.15) is 0 Å². The molecule has 0 aliphatic rings. The van der Waals surface area contributed by atoms with E-state index in [1.165, 1.54) is 77.0 Å². The summed E-state index contributed by atoms with van der Waals surface area (Å²) in [7, 11) is 0. The summed E-state index contributed by atoms with van der Waals surface area (Å²) in [6, 6.07) is 0. The van der Waals surface area contributed by atoms with E-state index >= 15 is 0 Å². The number of rotatable bonds is 42. The van der Waals surface area contributed by atoms with Gasteiger partial charge in [-0.3, -0.25) is 14.4 Å². The molecule has 0 N–H and O–H groups in total. The Labute approximate surface area is 357 Å². The van der Waals surface area contributed by atoms with Gasteiger partial charge in [0.15, 0.2) is 6.10 Å². The van der Waals surface area contributed by atoms with Crippen molar-refractivity contribution in [1.29, 1.82) is 0 Å². The summed E-state index contributed by atoms with van der Waals surface area (Å²) in [6.07, 6.45) is 57.4. The number of esters is 3. The molecule has 0 spiro atoms. The number of hydrogen-bond donors (Lipinski definition) is 0. The van der Waals surface area contributed by atoms with Crippen LogP contribution in [-0.4, -0.2) is 37.2 Å². The number of hydrogen-bond acceptors (Lipinski definition) is 6. The molecule has 0 aromatic rings. The van der Waals surface area contributed by atoms with Gasteiger partial charge in [-0.1, -0.05) is 196 Å². The van der Waals surface area contributed by atoms with E-state index in [1.807, 2.05) is 0 Å². The number of carbonyl (C=O) groups is 3. The lowest BCUT2D eigenvalue weighted by Gasteiger charge is -2.18. The van der Waals surface area contributed by atoms with Crippen LogP contribution < -0.4 is 0 Å². The van der Waals surface area contributed by atoms with E-state index in [2.05, 4.69) is 93.7 Å². The first-order chi connectivity index (χ1) is 28.5. The molecule has 6 nitrogen and oxygen atoms in total. The molecule has 58 heavy (non-hydrogen) atoms. The monoisotopic (exact) mass is 809 g/mol. The minimum Gasteiger partial charge on any atom is -0.462 e. The van der Waals surface area contributed by atoms with Crippen molar-refractivity contribution in [3.8, 4) is 0 Å². The van der Waals surface area contributed by atoms with Crippen LogP contribution in [0.4, 0.5) is 0 Å². The molecule has 0 radical (unpaired) electrons. The molecular formula is C52H88O6. The summed E-state index contributed by atoms with van der Waals surface area (Å²) < 4.78 is 16.7. The van der Waals surface area contributed by atoms with Gasteiger partial charge in [-0.25, -0.2) is 0 Å². The van der Waals surface area contributed by atoms with Crippen molar-refractivity contribution in [2.75, 3.05) is 13.2 Å². The molecule has 0 bridgehead atoms. The predicted molar refractivity (Wildman–Crippen MR) is 247 cm³/mol. The van der Waals surface area contributed by atoms with Crippen LogP contribution in [0.1, 0.15) is 220 Å². The summed E-state index contributed by atoms with van der Waals surface area (Å²) in [4.78, 5) is 37.8. The lowest BCUT2D eigenvalue weighted by molar-refractivity contribution is -0.167. The maximum Gasteiger partial charge on any atom is 0.306 e. The third-order valence-corrected chi connectivity index (χ3v) is 9.97. The zero-order valence-corrected chi connectivity index (χ0v) is 37.8. The first kappa shape index (κ1) is 54.9. The van der Waals surface area contributed by atoms with E-state index in [0.29, 0.717) is 19.3 Å². The van der Waals surface area contributed by atoms with Crippen molar-refractivity contribution in [2.24, 2.45) is 0 Å². The molecular weight excluding hydrogens is 721 g/mol. The first-order valence-corrected chi connectivity index (χ1v) is 24.0. The smallest absolute Gasteiger partial charge is 0.306 e. The molecule has 0 saturated heterocycles. The van der Waals surface area contributed by atoms with Gasteiger partial charge in [0.1, 0.15) is 13.2 Å². The second-order valence-corrected chi connectivity index (χ2v) is 15.7. The van der Waals surface area contributed by atoms with Crippen molar-refractivity contribution in [1.82, 2.24) is 0 Å². The fourth-order valence-corrected chi connectivity index (χ4v) is 6.35. The maximum atomic E-state index is 12.7. The summed E-state index contributed by atoms with van der Waals surface area (Å²) in [6.45, 7) is 6.41. The van der Waals surface area contributed by atoms with Crippen molar-refractivity contribution in [3.63, 3.8) is 0 Å². The van der Waals surface area contributed by atoms with Gasteiger partial charge in [0.25, 0.3) is 0 Å². The Balaban J connectivity index is 4.46. The molecule has 1 unspecified atom stereocenters. The molecule has 0 aromatic heterocycles. The minimum atomic E-state index is -0.795. The normalized spacial score (nSPS) is 12.7. The van der Waals surface area contributed by atoms with Gasteiger partial charge < -0.3 is 14.2 Å². The highest BCUT2D eigenvalue weighted by atomic mass is 16.6.